The maximum Gasteiger partial charge on any atom is 0.256 e. The molecule has 0 radical (unpaired) electrons. The number of hydrogen-bond donors (Lipinski definition) is 1. The Morgan fingerprint density at radius 2 is 1.77 bits per heavy atom. The Labute approximate surface area is 205 Å². The third-order valence-corrected chi connectivity index (χ3v) is 7.85. The number of hydrogen-bond acceptors (Lipinski definition) is 7. The molecule has 2 heterocycles. The number of carbonyl (C=O) groups excluding carboxylic acids is 1. The maximum absolute atomic E-state index is 13.1. The summed E-state index contributed by atoms with van der Waals surface area (Å²) in [5, 5.41) is 7.14. The fourth-order valence-corrected chi connectivity index (χ4v) is 5.44. The number of nitrogens with one attached hydrogen (secondary N) is 1. The van der Waals surface area contributed by atoms with E-state index >= 15 is 0 Å². The number of para-hydroxylation sites is 1. The Bertz CT molecular complexity index is 1300. The first-order valence-electron chi connectivity index (χ1n) is 11.2. The van der Waals surface area contributed by atoms with Gasteiger partial charge in [-0.1, -0.05) is 18.2 Å². The molecule has 1 amide bonds. The smallest absolute Gasteiger partial charge is 0.256 e. The normalized spacial score (nSPS) is 15.1. The van der Waals surface area contributed by atoms with Gasteiger partial charge in [0.1, 0.15) is 5.82 Å². The van der Waals surface area contributed by atoms with E-state index in [-0.39, 0.29) is 10.5 Å². The standard InChI is InChI=1S/C24H29N5O5S/c1-27-12-14-28(15-13-27)35(31,32)20-8-4-6-18(16-20)24(30)26-22-10-11-25-29(22)17-19-7-5-9-21(33-2)23(19)34-3/h4-11,16H,12-15,17H2,1-3H3,(H,26,30). The highest BCUT2D eigenvalue weighted by Crippen LogP contribution is 2.31. The topological polar surface area (TPSA) is 106 Å². The molecule has 0 unspecified atom stereocenters. The molecule has 1 aliphatic heterocycles. The third-order valence-electron chi connectivity index (χ3n) is 5.96. The number of benzene rings is 2. The minimum absolute atomic E-state index is 0.101. The number of rotatable bonds is 8. The van der Waals surface area contributed by atoms with Crippen molar-refractivity contribution >= 4 is 21.7 Å². The highest BCUT2D eigenvalue weighted by Gasteiger charge is 2.28. The molecule has 4 rings (SSSR count). The molecule has 0 bridgehead atoms. The van der Waals surface area contributed by atoms with E-state index in [4.69, 9.17) is 9.47 Å². The molecule has 10 nitrogen and oxygen atoms in total. The zero-order valence-electron chi connectivity index (χ0n) is 20.0. The van der Waals surface area contributed by atoms with Gasteiger partial charge in [-0.05, 0) is 31.3 Å². The van der Waals surface area contributed by atoms with Crippen molar-refractivity contribution in [2.75, 3.05) is 52.8 Å². The van der Waals surface area contributed by atoms with Crippen LogP contribution in [0.15, 0.2) is 59.6 Å². The van der Waals surface area contributed by atoms with Crippen molar-refractivity contribution < 1.29 is 22.7 Å². The molecule has 0 aliphatic carbocycles. The van der Waals surface area contributed by atoms with E-state index in [0.717, 1.165) is 5.56 Å². The van der Waals surface area contributed by atoms with Crippen molar-refractivity contribution in [1.29, 1.82) is 0 Å². The summed E-state index contributed by atoms with van der Waals surface area (Å²) in [7, 11) is 1.41. The molecule has 1 aliphatic rings. The van der Waals surface area contributed by atoms with Crippen molar-refractivity contribution in [2.24, 2.45) is 0 Å². The largest absolute Gasteiger partial charge is 0.493 e. The monoisotopic (exact) mass is 499 g/mol. The van der Waals surface area contributed by atoms with Gasteiger partial charge in [-0.3, -0.25) is 4.79 Å². The average Bonchev–Trinajstić information content (AvgIpc) is 3.30. The summed E-state index contributed by atoms with van der Waals surface area (Å²) < 4.78 is 40.1. The number of piperazine rings is 1. The first-order valence-corrected chi connectivity index (χ1v) is 12.6. The molecule has 1 N–H and O–H groups in total. The second-order valence-electron chi connectivity index (χ2n) is 8.22. The van der Waals surface area contributed by atoms with Gasteiger partial charge in [-0.25, -0.2) is 13.1 Å². The zero-order chi connectivity index (χ0) is 25.0. The molecule has 186 valence electrons. The van der Waals surface area contributed by atoms with Crippen LogP contribution >= 0.6 is 0 Å². The number of anilines is 1. The lowest BCUT2D eigenvalue weighted by atomic mass is 10.2. The van der Waals surface area contributed by atoms with Crippen LogP contribution in [-0.4, -0.2) is 80.8 Å². The van der Waals surface area contributed by atoms with Crippen LogP contribution in [-0.2, 0) is 16.6 Å². The van der Waals surface area contributed by atoms with Gasteiger partial charge in [0.2, 0.25) is 10.0 Å². The van der Waals surface area contributed by atoms with Crippen LogP contribution in [0.3, 0.4) is 0 Å². The minimum Gasteiger partial charge on any atom is -0.493 e. The fraction of sp³-hybridized carbons (Fsp3) is 0.333. The molecular formula is C24H29N5O5S. The third kappa shape index (κ3) is 5.31. The summed E-state index contributed by atoms with van der Waals surface area (Å²) in [4.78, 5) is 15.2. The Hall–Kier alpha value is -3.41. The van der Waals surface area contributed by atoms with Gasteiger partial charge in [0.05, 0.1) is 31.9 Å². The van der Waals surface area contributed by atoms with Crippen LogP contribution in [0.25, 0.3) is 0 Å². The summed E-state index contributed by atoms with van der Waals surface area (Å²) in [6, 6.07) is 13.3. The second kappa shape index (κ2) is 10.5. The number of aromatic nitrogens is 2. The van der Waals surface area contributed by atoms with Gasteiger partial charge in [-0.15, -0.1) is 0 Å². The lowest BCUT2D eigenvalue weighted by Gasteiger charge is -2.31. The summed E-state index contributed by atoms with van der Waals surface area (Å²) >= 11 is 0. The summed E-state index contributed by atoms with van der Waals surface area (Å²) in [6.45, 7) is 2.51. The van der Waals surface area contributed by atoms with Gasteiger partial charge >= 0.3 is 0 Å². The second-order valence-corrected chi connectivity index (χ2v) is 10.2. The molecule has 0 saturated carbocycles. The minimum atomic E-state index is -3.68. The predicted molar refractivity (Wildman–Crippen MR) is 132 cm³/mol. The first-order chi connectivity index (χ1) is 16.8. The van der Waals surface area contributed by atoms with Crippen molar-refractivity contribution in [3.8, 4) is 11.5 Å². The Balaban J connectivity index is 1.52. The molecule has 2 aromatic carbocycles. The number of sulfonamides is 1. The van der Waals surface area contributed by atoms with Gasteiger partial charge in [-0.2, -0.15) is 9.40 Å². The predicted octanol–water partition coefficient (Wildman–Crippen LogP) is 2.14. The van der Waals surface area contributed by atoms with E-state index in [9.17, 15) is 13.2 Å². The zero-order valence-corrected chi connectivity index (χ0v) is 20.8. The molecule has 11 heteroatoms. The fourth-order valence-electron chi connectivity index (χ4n) is 3.97. The molecule has 35 heavy (non-hydrogen) atoms. The number of ether oxygens (including phenoxy) is 2. The Morgan fingerprint density at radius 3 is 2.49 bits per heavy atom. The summed E-state index contributed by atoms with van der Waals surface area (Å²) in [6.07, 6.45) is 1.58. The first kappa shape index (κ1) is 24.7. The van der Waals surface area contributed by atoms with Crippen LogP contribution < -0.4 is 14.8 Å². The van der Waals surface area contributed by atoms with Gasteiger partial charge in [0.25, 0.3) is 5.91 Å². The quantitative estimate of drug-likeness (QED) is 0.506. The lowest BCUT2D eigenvalue weighted by Crippen LogP contribution is -2.47. The van der Waals surface area contributed by atoms with Crippen LogP contribution in [0.1, 0.15) is 15.9 Å². The molecule has 0 spiro atoms. The molecule has 0 atom stereocenters. The molecular weight excluding hydrogens is 470 g/mol. The lowest BCUT2D eigenvalue weighted by molar-refractivity contribution is 0.102. The molecule has 1 aromatic heterocycles. The van der Waals surface area contributed by atoms with Crippen molar-refractivity contribution in [3.05, 3.63) is 65.9 Å². The maximum atomic E-state index is 13.1. The van der Waals surface area contributed by atoms with E-state index < -0.39 is 15.9 Å². The number of amides is 1. The Morgan fingerprint density at radius 1 is 1.03 bits per heavy atom. The summed E-state index contributed by atoms with van der Waals surface area (Å²) in [5.41, 5.74) is 1.07. The van der Waals surface area contributed by atoms with Crippen molar-refractivity contribution in [3.63, 3.8) is 0 Å². The average molecular weight is 500 g/mol. The molecule has 3 aromatic rings. The number of likely N-dealkylation sites (N-methyl/N-ethyl adjacent to an activating group) is 1. The van der Waals surface area contributed by atoms with Crippen LogP contribution in [0.2, 0.25) is 0 Å². The van der Waals surface area contributed by atoms with Crippen LogP contribution in [0.4, 0.5) is 5.82 Å². The molecule has 1 fully saturated rings. The molecule has 1 saturated heterocycles. The van der Waals surface area contributed by atoms with Crippen molar-refractivity contribution in [2.45, 2.75) is 11.4 Å². The highest BCUT2D eigenvalue weighted by atomic mass is 32.2. The van der Waals surface area contributed by atoms with E-state index in [1.54, 1.807) is 49.4 Å². The van der Waals surface area contributed by atoms with Crippen molar-refractivity contribution in [1.82, 2.24) is 19.0 Å². The van der Waals surface area contributed by atoms with Gasteiger partial charge < -0.3 is 19.7 Å². The Kier molecular flexibility index (Phi) is 7.39. The van der Waals surface area contributed by atoms with E-state index in [1.165, 1.54) is 16.4 Å². The summed E-state index contributed by atoms with van der Waals surface area (Å²) in [5.74, 6) is 1.22. The number of methoxy groups -OCH3 is 2. The SMILES string of the molecule is COc1cccc(Cn2nccc2NC(=O)c2cccc(S(=O)(=O)N3CCN(C)CC3)c2)c1OC. The number of nitrogens with zero attached hydrogens (tertiary/aromatic N) is 4. The van der Waals surface area contributed by atoms with Crippen LogP contribution in [0.5, 0.6) is 11.5 Å². The van der Waals surface area contributed by atoms with E-state index in [0.29, 0.717) is 50.0 Å². The van der Waals surface area contributed by atoms with Gasteiger partial charge in [0.15, 0.2) is 11.5 Å². The highest BCUT2D eigenvalue weighted by molar-refractivity contribution is 7.89. The van der Waals surface area contributed by atoms with Crippen LogP contribution in [0, 0.1) is 0 Å². The van der Waals surface area contributed by atoms with E-state index in [1.807, 2.05) is 19.2 Å². The van der Waals surface area contributed by atoms with E-state index in [2.05, 4.69) is 15.3 Å². The van der Waals surface area contributed by atoms with Gasteiger partial charge in [0, 0.05) is 43.4 Å². The number of carbonyl (C=O) groups is 1.